The second kappa shape index (κ2) is 7.70. The van der Waals surface area contributed by atoms with Gasteiger partial charge in [-0.3, -0.25) is 20.0 Å². The van der Waals surface area contributed by atoms with Crippen molar-refractivity contribution in [1.29, 1.82) is 0 Å². The maximum absolute atomic E-state index is 10.8. The van der Waals surface area contributed by atoms with Crippen LogP contribution in [0.15, 0.2) is 59.7 Å². The molecule has 0 aliphatic carbocycles. The zero-order valence-electron chi connectivity index (χ0n) is 13.4. The first-order chi connectivity index (χ1) is 11.7. The molecular weight excluding hydrogens is 304 g/mol. The molecule has 3 rings (SSSR count). The van der Waals surface area contributed by atoms with Crippen LogP contribution in [0.3, 0.4) is 0 Å². The molecule has 6 nitrogen and oxygen atoms in total. The van der Waals surface area contributed by atoms with Crippen LogP contribution in [0.4, 0.5) is 5.69 Å². The van der Waals surface area contributed by atoms with Crippen LogP contribution in [0.2, 0.25) is 0 Å². The lowest BCUT2D eigenvalue weighted by atomic mass is 10.2. The van der Waals surface area contributed by atoms with E-state index < -0.39 is 0 Å². The van der Waals surface area contributed by atoms with E-state index in [1.165, 1.54) is 17.7 Å². The van der Waals surface area contributed by atoms with Gasteiger partial charge in [0.2, 0.25) is 0 Å². The molecule has 1 saturated heterocycles. The summed E-state index contributed by atoms with van der Waals surface area (Å²) in [6.07, 6.45) is 1.69. The van der Waals surface area contributed by atoms with Gasteiger partial charge in [0, 0.05) is 50.4 Å². The minimum atomic E-state index is -0.389. The van der Waals surface area contributed by atoms with Crippen molar-refractivity contribution >= 4 is 11.9 Å². The summed E-state index contributed by atoms with van der Waals surface area (Å²) in [6, 6.07) is 17.0. The number of rotatable bonds is 5. The van der Waals surface area contributed by atoms with Crippen LogP contribution in [0.5, 0.6) is 0 Å². The van der Waals surface area contributed by atoms with Crippen molar-refractivity contribution in [1.82, 2.24) is 9.91 Å². The highest BCUT2D eigenvalue weighted by Crippen LogP contribution is 2.12. The van der Waals surface area contributed by atoms with Gasteiger partial charge in [-0.1, -0.05) is 42.5 Å². The summed E-state index contributed by atoms with van der Waals surface area (Å²) in [7, 11) is 0. The van der Waals surface area contributed by atoms with Crippen LogP contribution in [0.25, 0.3) is 0 Å². The van der Waals surface area contributed by atoms with E-state index >= 15 is 0 Å². The van der Waals surface area contributed by atoms with Crippen LogP contribution >= 0.6 is 0 Å². The molecule has 1 heterocycles. The highest BCUT2D eigenvalue weighted by Gasteiger charge is 2.15. The Labute approximate surface area is 141 Å². The topological polar surface area (TPSA) is 62.0 Å². The van der Waals surface area contributed by atoms with Crippen LogP contribution in [0, 0.1) is 10.1 Å². The molecule has 0 amide bonds. The minimum absolute atomic E-state index is 0.0895. The van der Waals surface area contributed by atoms with E-state index in [1.807, 2.05) is 17.1 Å². The number of nitro groups is 1. The number of hydrazone groups is 1. The maximum atomic E-state index is 10.8. The Morgan fingerprint density at radius 2 is 1.79 bits per heavy atom. The zero-order valence-corrected chi connectivity index (χ0v) is 13.4. The number of nitrogens with zero attached hydrogens (tertiary/aromatic N) is 4. The zero-order chi connectivity index (χ0) is 16.8. The monoisotopic (exact) mass is 324 g/mol. The van der Waals surface area contributed by atoms with E-state index in [9.17, 15) is 10.1 Å². The summed E-state index contributed by atoms with van der Waals surface area (Å²) in [5.74, 6) is 0. The van der Waals surface area contributed by atoms with E-state index in [1.54, 1.807) is 12.3 Å². The number of non-ortho nitro benzene ring substituents is 1. The summed E-state index contributed by atoms with van der Waals surface area (Å²) in [5, 5.41) is 17.3. The van der Waals surface area contributed by atoms with Gasteiger partial charge in [-0.05, 0) is 5.56 Å². The van der Waals surface area contributed by atoms with Gasteiger partial charge in [0.05, 0.1) is 11.1 Å². The molecule has 6 heteroatoms. The van der Waals surface area contributed by atoms with Gasteiger partial charge in [0.25, 0.3) is 5.69 Å². The number of piperazine rings is 1. The molecule has 2 aromatic carbocycles. The van der Waals surface area contributed by atoms with Gasteiger partial charge in [0.1, 0.15) is 0 Å². The number of benzene rings is 2. The third-order valence-electron chi connectivity index (χ3n) is 4.05. The van der Waals surface area contributed by atoms with E-state index in [0.29, 0.717) is 0 Å². The summed E-state index contributed by atoms with van der Waals surface area (Å²) >= 11 is 0. The fourth-order valence-electron chi connectivity index (χ4n) is 2.72. The van der Waals surface area contributed by atoms with Crippen LogP contribution in [0.1, 0.15) is 11.1 Å². The number of hydrogen-bond acceptors (Lipinski definition) is 5. The molecule has 2 aromatic rings. The first kappa shape index (κ1) is 16.1. The Morgan fingerprint density at radius 1 is 1.04 bits per heavy atom. The highest BCUT2D eigenvalue weighted by molar-refractivity contribution is 5.80. The second-order valence-electron chi connectivity index (χ2n) is 5.81. The Morgan fingerprint density at radius 3 is 2.50 bits per heavy atom. The average molecular weight is 324 g/mol. The molecule has 1 fully saturated rings. The molecule has 0 N–H and O–H groups in total. The van der Waals surface area contributed by atoms with Gasteiger partial charge in [-0.15, -0.1) is 0 Å². The first-order valence-corrected chi connectivity index (χ1v) is 8.00. The Balaban J connectivity index is 1.52. The molecule has 24 heavy (non-hydrogen) atoms. The van der Waals surface area contributed by atoms with Gasteiger partial charge >= 0.3 is 0 Å². The third-order valence-corrected chi connectivity index (χ3v) is 4.05. The maximum Gasteiger partial charge on any atom is 0.270 e. The molecule has 0 spiro atoms. The Kier molecular flexibility index (Phi) is 5.18. The third kappa shape index (κ3) is 4.39. The lowest BCUT2D eigenvalue weighted by molar-refractivity contribution is -0.384. The van der Waals surface area contributed by atoms with Gasteiger partial charge in [-0.25, -0.2) is 0 Å². The normalized spacial score (nSPS) is 15.8. The molecule has 0 aromatic heterocycles. The minimum Gasteiger partial charge on any atom is -0.295 e. The predicted molar refractivity (Wildman–Crippen MR) is 94.0 cm³/mol. The van der Waals surface area contributed by atoms with E-state index in [-0.39, 0.29) is 10.6 Å². The van der Waals surface area contributed by atoms with E-state index in [0.717, 1.165) is 38.3 Å². The fraction of sp³-hybridized carbons (Fsp3) is 0.278. The largest absolute Gasteiger partial charge is 0.295 e. The molecule has 0 atom stereocenters. The lowest BCUT2D eigenvalue weighted by Crippen LogP contribution is -2.43. The van der Waals surface area contributed by atoms with Crippen LogP contribution < -0.4 is 0 Å². The van der Waals surface area contributed by atoms with Gasteiger partial charge in [0.15, 0.2) is 0 Å². The van der Waals surface area contributed by atoms with Gasteiger partial charge in [-0.2, -0.15) is 5.10 Å². The summed E-state index contributed by atoms with van der Waals surface area (Å²) in [5.41, 5.74) is 2.16. The SMILES string of the molecule is O=[N+]([O-])c1cccc(/C=N/N2CCN(Cc3ccccc3)CC2)c1. The first-order valence-electron chi connectivity index (χ1n) is 8.00. The summed E-state index contributed by atoms with van der Waals surface area (Å²) < 4.78 is 0. The highest BCUT2D eigenvalue weighted by atomic mass is 16.6. The number of hydrogen-bond donors (Lipinski definition) is 0. The fourth-order valence-corrected chi connectivity index (χ4v) is 2.72. The molecule has 0 radical (unpaired) electrons. The molecule has 124 valence electrons. The molecule has 1 aliphatic heterocycles. The second-order valence-corrected chi connectivity index (χ2v) is 5.81. The Bertz CT molecular complexity index is 710. The van der Waals surface area contributed by atoms with Crippen molar-refractivity contribution in [3.63, 3.8) is 0 Å². The van der Waals surface area contributed by atoms with Crippen molar-refractivity contribution in [2.45, 2.75) is 6.54 Å². The molecule has 1 aliphatic rings. The van der Waals surface area contributed by atoms with Gasteiger partial charge < -0.3 is 0 Å². The summed E-state index contributed by atoms with van der Waals surface area (Å²) in [4.78, 5) is 12.8. The molecule has 0 bridgehead atoms. The number of nitro benzene ring substituents is 1. The van der Waals surface area contributed by atoms with E-state index in [4.69, 9.17) is 0 Å². The Hall–Kier alpha value is -2.73. The van der Waals surface area contributed by atoms with Crippen LogP contribution in [-0.4, -0.2) is 47.2 Å². The van der Waals surface area contributed by atoms with Crippen LogP contribution in [-0.2, 0) is 6.54 Å². The quantitative estimate of drug-likeness (QED) is 0.482. The van der Waals surface area contributed by atoms with Crippen molar-refractivity contribution in [3.8, 4) is 0 Å². The average Bonchev–Trinajstić information content (AvgIpc) is 2.62. The van der Waals surface area contributed by atoms with Crippen molar-refractivity contribution in [3.05, 3.63) is 75.8 Å². The molecule has 0 unspecified atom stereocenters. The molecule has 0 saturated carbocycles. The van der Waals surface area contributed by atoms with E-state index in [2.05, 4.69) is 34.3 Å². The van der Waals surface area contributed by atoms with Crippen molar-refractivity contribution < 1.29 is 4.92 Å². The lowest BCUT2D eigenvalue weighted by Gasteiger charge is -2.33. The van der Waals surface area contributed by atoms with Crippen molar-refractivity contribution in [2.75, 3.05) is 26.2 Å². The summed E-state index contributed by atoms with van der Waals surface area (Å²) in [6.45, 7) is 4.60. The van der Waals surface area contributed by atoms with Crippen molar-refractivity contribution in [2.24, 2.45) is 5.10 Å². The standard InChI is InChI=1S/C18H20N4O2/c23-22(24)18-8-4-7-17(13-18)14-19-21-11-9-20(10-12-21)15-16-5-2-1-3-6-16/h1-8,13-14H,9-12,15H2/b19-14+. The molecular formula is C18H20N4O2. The smallest absolute Gasteiger partial charge is 0.270 e. The predicted octanol–water partition coefficient (Wildman–Crippen LogP) is 2.75.